The lowest BCUT2D eigenvalue weighted by molar-refractivity contribution is 0.318. The molecule has 0 saturated heterocycles. The van der Waals surface area contributed by atoms with Gasteiger partial charge in [-0.25, -0.2) is 0 Å². The molecule has 0 aromatic heterocycles. The van der Waals surface area contributed by atoms with Gasteiger partial charge < -0.3 is 10.8 Å². The molecule has 0 radical (unpaired) electrons. The molecular weight excluding hydrogens is 317 g/mol. The minimum Gasteiger partial charge on any atom is -0.397 e. The molecule has 1 aliphatic carbocycles. The van der Waals surface area contributed by atoms with Crippen LogP contribution in [0.4, 0.5) is 0 Å². The highest BCUT2D eigenvalue weighted by atomic mass is 35.5. The molecule has 1 aromatic carbocycles. The van der Waals surface area contributed by atoms with Crippen molar-refractivity contribution in [3.63, 3.8) is 0 Å². The van der Waals surface area contributed by atoms with Gasteiger partial charge >= 0.3 is 0 Å². The summed E-state index contributed by atoms with van der Waals surface area (Å²) in [6.45, 7) is 8.24. The van der Waals surface area contributed by atoms with Crippen LogP contribution in [0.15, 0.2) is 18.2 Å². The highest BCUT2D eigenvalue weighted by Gasteiger charge is 2.23. The molecule has 128 valence electrons. The van der Waals surface area contributed by atoms with E-state index in [1.54, 1.807) is 6.92 Å². The van der Waals surface area contributed by atoms with E-state index in [-0.39, 0.29) is 6.61 Å². The summed E-state index contributed by atoms with van der Waals surface area (Å²) in [5.41, 5.74) is 7.41. The van der Waals surface area contributed by atoms with Gasteiger partial charge in [0.25, 0.3) is 0 Å². The first-order valence-electron chi connectivity index (χ1n) is 8.29. The highest BCUT2D eigenvalue weighted by Crippen LogP contribution is 2.36. The Kier molecular flexibility index (Phi) is 12.0. The van der Waals surface area contributed by atoms with Crippen molar-refractivity contribution in [2.45, 2.75) is 65.3 Å². The summed E-state index contributed by atoms with van der Waals surface area (Å²) >= 11 is 12.0. The summed E-state index contributed by atoms with van der Waals surface area (Å²) in [6.07, 6.45) is 4.63. The number of halogens is 2. The quantitative estimate of drug-likeness (QED) is 0.645. The predicted octanol–water partition coefficient (Wildman–Crippen LogP) is 5.64. The summed E-state index contributed by atoms with van der Waals surface area (Å²) < 4.78 is 0. The van der Waals surface area contributed by atoms with Gasteiger partial charge in [-0.05, 0) is 62.1 Å². The molecule has 2 nitrogen and oxygen atoms in total. The SMILES string of the molecule is CC.CC1CCC(N)CC(c2ccc(Cl)c(Cl)c2)C1.CCO. The minimum atomic E-state index is 0.250. The standard InChI is InChI=1S/C14H19Cl2N.C2H6O.C2H6/c1-9-2-4-12(17)7-11(6-9)10-3-5-13(15)14(16)8-10;1-2-3;1-2/h3,5,8-9,11-12H,2,4,6-7,17H2,1H3;3H,2H2,1H3;1-2H3. The minimum absolute atomic E-state index is 0.250. The van der Waals surface area contributed by atoms with Crippen molar-refractivity contribution in [1.29, 1.82) is 0 Å². The fourth-order valence-electron chi connectivity index (χ4n) is 2.72. The number of rotatable bonds is 1. The average molecular weight is 348 g/mol. The summed E-state index contributed by atoms with van der Waals surface area (Å²) in [6, 6.07) is 6.29. The molecule has 3 atom stereocenters. The largest absolute Gasteiger partial charge is 0.397 e. The second-order valence-electron chi connectivity index (χ2n) is 5.60. The Bertz CT molecular complexity index is 400. The van der Waals surface area contributed by atoms with Gasteiger partial charge in [0.2, 0.25) is 0 Å². The Morgan fingerprint density at radius 3 is 2.27 bits per heavy atom. The second kappa shape index (κ2) is 12.2. The van der Waals surface area contributed by atoms with Crippen LogP contribution in [0.1, 0.15) is 64.9 Å². The van der Waals surface area contributed by atoms with Crippen LogP contribution >= 0.6 is 23.2 Å². The zero-order chi connectivity index (χ0) is 17.1. The summed E-state index contributed by atoms with van der Waals surface area (Å²) in [5, 5.41) is 8.84. The molecule has 3 unspecified atom stereocenters. The van der Waals surface area contributed by atoms with E-state index in [0.717, 1.165) is 18.8 Å². The zero-order valence-corrected chi connectivity index (χ0v) is 15.8. The lowest BCUT2D eigenvalue weighted by Gasteiger charge is -2.19. The molecule has 4 heteroatoms. The Hall–Kier alpha value is -0.280. The monoisotopic (exact) mass is 347 g/mol. The fourth-order valence-corrected chi connectivity index (χ4v) is 3.03. The third-order valence-electron chi connectivity index (χ3n) is 3.72. The third kappa shape index (κ3) is 7.82. The van der Waals surface area contributed by atoms with Gasteiger partial charge in [0.05, 0.1) is 10.0 Å². The summed E-state index contributed by atoms with van der Waals surface area (Å²) in [5.74, 6) is 1.26. The lowest BCUT2D eigenvalue weighted by atomic mass is 9.88. The summed E-state index contributed by atoms with van der Waals surface area (Å²) in [4.78, 5) is 0. The highest BCUT2D eigenvalue weighted by molar-refractivity contribution is 6.42. The lowest BCUT2D eigenvalue weighted by Crippen LogP contribution is -2.20. The van der Waals surface area contributed by atoms with E-state index >= 15 is 0 Å². The molecular formula is C18H31Cl2NO. The van der Waals surface area contributed by atoms with E-state index in [2.05, 4.69) is 13.0 Å². The van der Waals surface area contributed by atoms with Crippen LogP contribution in [0.5, 0.6) is 0 Å². The molecule has 0 heterocycles. The van der Waals surface area contributed by atoms with Crippen molar-refractivity contribution in [3.8, 4) is 0 Å². The number of hydrogen-bond acceptors (Lipinski definition) is 2. The number of nitrogens with two attached hydrogens (primary N) is 1. The molecule has 3 N–H and O–H groups in total. The van der Waals surface area contributed by atoms with Gasteiger partial charge in [-0.3, -0.25) is 0 Å². The molecule has 22 heavy (non-hydrogen) atoms. The number of benzene rings is 1. The predicted molar refractivity (Wildman–Crippen MR) is 98.9 cm³/mol. The Balaban J connectivity index is 0.000000789. The van der Waals surface area contributed by atoms with Gasteiger partial charge in [0, 0.05) is 12.6 Å². The van der Waals surface area contributed by atoms with E-state index in [1.807, 2.05) is 26.0 Å². The van der Waals surface area contributed by atoms with Crippen LogP contribution in [0.3, 0.4) is 0 Å². The summed E-state index contributed by atoms with van der Waals surface area (Å²) in [7, 11) is 0. The number of aliphatic hydroxyl groups excluding tert-OH is 1. The van der Waals surface area contributed by atoms with Crippen LogP contribution < -0.4 is 5.73 Å². The topological polar surface area (TPSA) is 46.2 Å². The Morgan fingerprint density at radius 2 is 1.73 bits per heavy atom. The molecule has 0 spiro atoms. The van der Waals surface area contributed by atoms with Gasteiger partial charge in [-0.15, -0.1) is 0 Å². The second-order valence-corrected chi connectivity index (χ2v) is 6.42. The van der Waals surface area contributed by atoms with Crippen molar-refractivity contribution >= 4 is 23.2 Å². The molecule has 1 fully saturated rings. The van der Waals surface area contributed by atoms with Gasteiger partial charge in [0.15, 0.2) is 0 Å². The molecule has 1 saturated carbocycles. The van der Waals surface area contributed by atoms with Crippen LogP contribution in [0.2, 0.25) is 10.0 Å². The fraction of sp³-hybridized carbons (Fsp3) is 0.667. The molecule has 0 aliphatic heterocycles. The zero-order valence-electron chi connectivity index (χ0n) is 14.3. The van der Waals surface area contributed by atoms with Crippen molar-refractivity contribution in [2.75, 3.05) is 6.61 Å². The number of hydrogen-bond donors (Lipinski definition) is 2. The first kappa shape index (κ1) is 21.7. The van der Waals surface area contributed by atoms with Gasteiger partial charge in [-0.2, -0.15) is 0 Å². The van der Waals surface area contributed by atoms with Crippen LogP contribution in [-0.2, 0) is 0 Å². The van der Waals surface area contributed by atoms with Crippen molar-refractivity contribution < 1.29 is 5.11 Å². The van der Waals surface area contributed by atoms with E-state index < -0.39 is 0 Å². The van der Waals surface area contributed by atoms with Crippen molar-refractivity contribution in [3.05, 3.63) is 33.8 Å². The van der Waals surface area contributed by atoms with Crippen molar-refractivity contribution in [2.24, 2.45) is 11.7 Å². The van der Waals surface area contributed by atoms with E-state index in [0.29, 0.717) is 22.0 Å². The third-order valence-corrected chi connectivity index (χ3v) is 4.46. The molecule has 1 aromatic rings. The van der Waals surface area contributed by atoms with Gasteiger partial charge in [0.1, 0.15) is 0 Å². The normalized spacial score (nSPS) is 24.3. The molecule has 0 amide bonds. The average Bonchev–Trinajstić information content (AvgIpc) is 2.66. The van der Waals surface area contributed by atoms with Crippen LogP contribution in [-0.4, -0.2) is 17.8 Å². The first-order valence-corrected chi connectivity index (χ1v) is 9.04. The maximum atomic E-state index is 7.57. The number of aliphatic hydroxyl groups is 1. The maximum Gasteiger partial charge on any atom is 0.0595 e. The van der Waals surface area contributed by atoms with Crippen molar-refractivity contribution in [1.82, 2.24) is 0 Å². The van der Waals surface area contributed by atoms with E-state index in [1.165, 1.54) is 18.4 Å². The Morgan fingerprint density at radius 1 is 1.14 bits per heavy atom. The molecule has 2 rings (SSSR count). The van der Waals surface area contributed by atoms with E-state index in [9.17, 15) is 0 Å². The van der Waals surface area contributed by atoms with E-state index in [4.69, 9.17) is 34.0 Å². The van der Waals surface area contributed by atoms with Crippen LogP contribution in [0.25, 0.3) is 0 Å². The Labute approximate surface area is 146 Å². The van der Waals surface area contributed by atoms with Crippen LogP contribution in [0, 0.1) is 5.92 Å². The first-order chi connectivity index (χ1) is 10.5. The maximum absolute atomic E-state index is 7.57. The molecule has 1 aliphatic rings. The van der Waals surface area contributed by atoms with Gasteiger partial charge in [-0.1, -0.05) is 50.0 Å². The smallest absolute Gasteiger partial charge is 0.0595 e. The molecule has 0 bridgehead atoms.